The number of carbonyl (C=O) groups excluding carboxylic acids is 2. The lowest BCUT2D eigenvalue weighted by atomic mass is 10.1. The molecule has 7 nitrogen and oxygen atoms in total. The molecular weight excluding hydrogens is 485 g/mol. The van der Waals surface area contributed by atoms with E-state index in [0.717, 1.165) is 10.6 Å². The molecule has 0 unspecified atom stereocenters. The van der Waals surface area contributed by atoms with E-state index in [9.17, 15) is 18.0 Å². The predicted molar refractivity (Wildman–Crippen MR) is 133 cm³/mol. The number of nitrogens with zero attached hydrogens (tertiary/aromatic N) is 2. The molecule has 33 heavy (non-hydrogen) atoms. The highest BCUT2D eigenvalue weighted by molar-refractivity contribution is 7.92. The van der Waals surface area contributed by atoms with Crippen LogP contribution in [-0.4, -0.2) is 49.5 Å². The number of halogens is 2. The Bertz CT molecular complexity index is 1080. The molecule has 0 aliphatic heterocycles. The largest absolute Gasteiger partial charge is 0.350 e. The van der Waals surface area contributed by atoms with Crippen molar-refractivity contribution in [1.29, 1.82) is 0 Å². The summed E-state index contributed by atoms with van der Waals surface area (Å²) in [6, 6.07) is 12.3. The van der Waals surface area contributed by atoms with E-state index in [1.165, 1.54) is 4.90 Å². The van der Waals surface area contributed by atoms with Crippen molar-refractivity contribution in [2.45, 2.75) is 45.8 Å². The van der Waals surface area contributed by atoms with Gasteiger partial charge in [0.25, 0.3) is 0 Å². The monoisotopic (exact) mass is 513 g/mol. The number of carbonyl (C=O) groups is 2. The first-order chi connectivity index (χ1) is 15.2. The molecule has 0 radical (unpaired) electrons. The van der Waals surface area contributed by atoms with E-state index in [0.29, 0.717) is 21.3 Å². The van der Waals surface area contributed by atoms with Crippen molar-refractivity contribution in [3.05, 3.63) is 64.1 Å². The zero-order valence-corrected chi connectivity index (χ0v) is 21.6. The van der Waals surface area contributed by atoms with Crippen molar-refractivity contribution in [3.63, 3.8) is 0 Å². The SMILES string of the molecule is C[C@@H](C(=O)NC(C)(C)C)N(Cc1c(Cl)cccc1Cl)C(=O)CN(c1ccccc1)S(C)(=O)=O. The molecule has 2 aromatic rings. The summed E-state index contributed by atoms with van der Waals surface area (Å²) in [7, 11) is -3.78. The van der Waals surface area contributed by atoms with Crippen molar-refractivity contribution < 1.29 is 18.0 Å². The molecule has 2 amide bonds. The molecular formula is C23H29Cl2N3O4S. The Labute approximate surface area is 205 Å². The maximum Gasteiger partial charge on any atom is 0.244 e. The average molecular weight is 514 g/mol. The van der Waals surface area contributed by atoms with Crippen molar-refractivity contribution in [2.24, 2.45) is 0 Å². The van der Waals surface area contributed by atoms with E-state index in [1.807, 2.05) is 20.8 Å². The standard InChI is InChI=1S/C23H29Cl2N3O4S/c1-16(22(30)26-23(2,3)4)27(14-18-19(24)12-9-13-20(18)25)21(29)15-28(33(5,31)32)17-10-7-6-8-11-17/h6-13,16H,14-15H2,1-5H3,(H,26,30)/t16-/m0/s1. The Morgan fingerprint density at radius 2 is 1.55 bits per heavy atom. The molecule has 1 atom stereocenters. The lowest BCUT2D eigenvalue weighted by molar-refractivity contribution is -0.140. The molecule has 0 aliphatic rings. The number of sulfonamides is 1. The van der Waals surface area contributed by atoms with Crippen LogP contribution in [0.2, 0.25) is 10.0 Å². The van der Waals surface area contributed by atoms with Gasteiger partial charge in [-0.05, 0) is 52.0 Å². The lowest BCUT2D eigenvalue weighted by Gasteiger charge is -2.33. The molecule has 2 aromatic carbocycles. The second-order valence-electron chi connectivity index (χ2n) is 8.74. The Hall–Kier alpha value is -2.29. The van der Waals surface area contributed by atoms with E-state index in [1.54, 1.807) is 55.5 Å². The molecule has 1 N–H and O–H groups in total. The van der Waals surface area contributed by atoms with Gasteiger partial charge in [-0.2, -0.15) is 0 Å². The van der Waals surface area contributed by atoms with Crippen molar-refractivity contribution >= 4 is 50.7 Å². The number of benzene rings is 2. The number of hydrogen-bond donors (Lipinski definition) is 1. The maximum absolute atomic E-state index is 13.5. The second-order valence-corrected chi connectivity index (χ2v) is 11.5. The Kier molecular flexibility index (Phi) is 8.79. The molecule has 0 aliphatic carbocycles. The summed E-state index contributed by atoms with van der Waals surface area (Å²) >= 11 is 12.6. The van der Waals surface area contributed by atoms with E-state index < -0.39 is 34.1 Å². The van der Waals surface area contributed by atoms with Gasteiger partial charge in [-0.15, -0.1) is 0 Å². The van der Waals surface area contributed by atoms with Crippen LogP contribution in [0.1, 0.15) is 33.3 Å². The van der Waals surface area contributed by atoms with Crippen LogP contribution in [0, 0.1) is 0 Å². The van der Waals surface area contributed by atoms with Crippen LogP contribution in [0.15, 0.2) is 48.5 Å². The van der Waals surface area contributed by atoms with Gasteiger partial charge in [-0.1, -0.05) is 47.5 Å². The molecule has 0 aromatic heterocycles. The van der Waals surface area contributed by atoms with Crippen LogP contribution < -0.4 is 9.62 Å². The summed E-state index contributed by atoms with van der Waals surface area (Å²) < 4.78 is 26.0. The van der Waals surface area contributed by atoms with Gasteiger partial charge in [0.05, 0.1) is 11.9 Å². The van der Waals surface area contributed by atoms with Gasteiger partial charge in [0.15, 0.2) is 0 Å². The molecule has 0 bridgehead atoms. The van der Waals surface area contributed by atoms with Gasteiger partial charge in [0.2, 0.25) is 21.8 Å². The van der Waals surface area contributed by atoms with Gasteiger partial charge in [0, 0.05) is 27.7 Å². The fraction of sp³-hybridized carbons (Fsp3) is 0.391. The van der Waals surface area contributed by atoms with Crippen LogP contribution in [0.5, 0.6) is 0 Å². The summed E-state index contributed by atoms with van der Waals surface area (Å²) in [6.45, 7) is 6.51. The van der Waals surface area contributed by atoms with E-state index >= 15 is 0 Å². The third-order valence-electron chi connectivity index (χ3n) is 4.78. The van der Waals surface area contributed by atoms with Crippen molar-refractivity contribution in [1.82, 2.24) is 10.2 Å². The zero-order valence-electron chi connectivity index (χ0n) is 19.3. The van der Waals surface area contributed by atoms with Gasteiger partial charge >= 0.3 is 0 Å². The van der Waals surface area contributed by atoms with Crippen LogP contribution in [0.25, 0.3) is 0 Å². The minimum Gasteiger partial charge on any atom is -0.350 e. The maximum atomic E-state index is 13.5. The molecule has 0 spiro atoms. The van der Waals surface area contributed by atoms with Gasteiger partial charge in [0.1, 0.15) is 12.6 Å². The first-order valence-electron chi connectivity index (χ1n) is 10.3. The van der Waals surface area contributed by atoms with Gasteiger partial charge in [-0.25, -0.2) is 8.42 Å². The Balaban J connectivity index is 2.44. The number of amides is 2. The van der Waals surface area contributed by atoms with Gasteiger partial charge < -0.3 is 10.2 Å². The highest BCUT2D eigenvalue weighted by Gasteiger charge is 2.32. The van der Waals surface area contributed by atoms with E-state index in [4.69, 9.17) is 23.2 Å². The third kappa shape index (κ3) is 7.62. The van der Waals surface area contributed by atoms with Crippen molar-refractivity contribution in [3.8, 4) is 0 Å². The summed E-state index contributed by atoms with van der Waals surface area (Å²) in [5.74, 6) is -0.957. The van der Waals surface area contributed by atoms with Crippen LogP contribution in [0.3, 0.4) is 0 Å². The average Bonchev–Trinajstić information content (AvgIpc) is 2.69. The minimum absolute atomic E-state index is 0.0670. The number of para-hydroxylation sites is 1. The van der Waals surface area contributed by atoms with Crippen LogP contribution in [-0.2, 0) is 26.2 Å². The number of nitrogens with one attached hydrogen (secondary N) is 1. The van der Waals surface area contributed by atoms with Crippen LogP contribution in [0.4, 0.5) is 5.69 Å². The number of anilines is 1. The molecule has 0 saturated carbocycles. The fourth-order valence-corrected chi connectivity index (χ4v) is 4.48. The molecule has 0 fully saturated rings. The third-order valence-corrected chi connectivity index (χ3v) is 6.63. The molecule has 10 heteroatoms. The summed E-state index contributed by atoms with van der Waals surface area (Å²) in [6.07, 6.45) is 1.03. The quantitative estimate of drug-likeness (QED) is 0.575. The van der Waals surface area contributed by atoms with E-state index in [-0.39, 0.29) is 12.5 Å². The molecule has 180 valence electrons. The molecule has 0 saturated heterocycles. The second kappa shape index (κ2) is 10.8. The van der Waals surface area contributed by atoms with Gasteiger partial charge in [-0.3, -0.25) is 13.9 Å². The first kappa shape index (κ1) is 27.0. The summed E-state index contributed by atoms with van der Waals surface area (Å²) in [4.78, 5) is 27.7. The smallest absolute Gasteiger partial charge is 0.244 e. The molecule has 2 rings (SSSR count). The summed E-state index contributed by atoms with van der Waals surface area (Å²) in [5, 5.41) is 3.53. The normalized spacial score (nSPS) is 12.7. The first-order valence-corrected chi connectivity index (χ1v) is 12.9. The number of hydrogen-bond acceptors (Lipinski definition) is 4. The number of rotatable bonds is 8. The van der Waals surface area contributed by atoms with Crippen molar-refractivity contribution in [2.75, 3.05) is 17.1 Å². The summed E-state index contributed by atoms with van der Waals surface area (Å²) in [5.41, 5.74) is 0.288. The minimum atomic E-state index is -3.78. The predicted octanol–water partition coefficient (Wildman–Crippen LogP) is 4.09. The van der Waals surface area contributed by atoms with E-state index in [2.05, 4.69) is 5.32 Å². The lowest BCUT2D eigenvalue weighted by Crippen LogP contribution is -2.54. The Morgan fingerprint density at radius 1 is 1.00 bits per heavy atom. The highest BCUT2D eigenvalue weighted by atomic mass is 35.5. The fourth-order valence-electron chi connectivity index (χ4n) is 3.12. The highest BCUT2D eigenvalue weighted by Crippen LogP contribution is 2.27. The molecule has 0 heterocycles. The Morgan fingerprint density at radius 3 is 2.03 bits per heavy atom. The van der Waals surface area contributed by atoms with Crippen LogP contribution >= 0.6 is 23.2 Å². The topological polar surface area (TPSA) is 86.8 Å². The zero-order chi connectivity index (χ0) is 25.0.